The first kappa shape index (κ1) is 15.4. The molecule has 0 fully saturated rings. The van der Waals surface area contributed by atoms with Gasteiger partial charge in [0.2, 0.25) is 0 Å². The highest BCUT2D eigenvalue weighted by Crippen LogP contribution is 2.25. The Morgan fingerprint density at radius 2 is 2.15 bits per heavy atom. The van der Waals surface area contributed by atoms with Crippen LogP contribution >= 0.6 is 0 Å². The van der Waals surface area contributed by atoms with E-state index in [0.717, 1.165) is 6.07 Å². The number of ether oxygens (including phenoxy) is 1. The Balaban J connectivity index is 2.70. The fourth-order valence-corrected chi connectivity index (χ4v) is 1.23. The number of carbonyl (C=O) groups is 1. The number of hydrazone groups is 1. The predicted octanol–water partition coefficient (Wildman–Crippen LogP) is 2.16. The van der Waals surface area contributed by atoms with Gasteiger partial charge in [-0.05, 0) is 32.9 Å². The van der Waals surface area contributed by atoms with E-state index in [4.69, 9.17) is 4.74 Å². The average Bonchev–Trinajstić information content (AvgIpc) is 2.28. The highest BCUT2D eigenvalue weighted by Gasteiger charge is 2.15. The first-order valence-electron chi connectivity index (χ1n) is 5.68. The molecule has 0 spiro atoms. The number of hydrogen-bond donors (Lipinski definition) is 2. The molecule has 1 aromatic rings. The average molecular weight is 281 g/mol. The van der Waals surface area contributed by atoms with Crippen molar-refractivity contribution < 1.29 is 19.6 Å². The van der Waals surface area contributed by atoms with Gasteiger partial charge in [0.15, 0.2) is 5.75 Å². The Morgan fingerprint density at radius 1 is 1.50 bits per heavy atom. The summed E-state index contributed by atoms with van der Waals surface area (Å²) in [6.07, 6.45) is 0.470. The van der Waals surface area contributed by atoms with Gasteiger partial charge in [-0.3, -0.25) is 10.1 Å². The summed E-state index contributed by atoms with van der Waals surface area (Å²) >= 11 is 0. The number of amides is 1. The number of nitrogens with one attached hydrogen (secondary N) is 1. The predicted molar refractivity (Wildman–Crippen MR) is 71.7 cm³/mol. The third-order valence-corrected chi connectivity index (χ3v) is 1.96. The maximum atomic E-state index is 11.3. The lowest BCUT2D eigenvalue weighted by molar-refractivity contribution is -0.385. The Hall–Kier alpha value is -2.64. The summed E-state index contributed by atoms with van der Waals surface area (Å²) in [5.74, 6) is -0.438. The molecule has 0 aromatic heterocycles. The van der Waals surface area contributed by atoms with E-state index in [1.807, 2.05) is 0 Å². The van der Waals surface area contributed by atoms with E-state index in [9.17, 15) is 20.0 Å². The van der Waals surface area contributed by atoms with Gasteiger partial charge in [0.25, 0.3) is 0 Å². The largest absolute Gasteiger partial charge is 0.502 e. The number of rotatable bonds is 3. The van der Waals surface area contributed by atoms with E-state index < -0.39 is 28.1 Å². The van der Waals surface area contributed by atoms with E-state index in [2.05, 4.69) is 10.5 Å². The number of carbonyl (C=O) groups excluding carboxylic acids is 1. The summed E-state index contributed by atoms with van der Waals surface area (Å²) in [6, 6.07) is 3.73. The van der Waals surface area contributed by atoms with Gasteiger partial charge in [0.1, 0.15) is 5.60 Å². The number of phenols is 1. The van der Waals surface area contributed by atoms with Gasteiger partial charge < -0.3 is 9.84 Å². The maximum absolute atomic E-state index is 11.3. The molecule has 1 amide bonds. The summed E-state index contributed by atoms with van der Waals surface area (Å²) in [5, 5.41) is 23.5. The molecule has 1 aromatic carbocycles. The summed E-state index contributed by atoms with van der Waals surface area (Å²) < 4.78 is 4.94. The van der Waals surface area contributed by atoms with Crippen LogP contribution in [0.25, 0.3) is 0 Å². The molecule has 1 rings (SSSR count). The van der Waals surface area contributed by atoms with Crippen LogP contribution in [0.15, 0.2) is 23.3 Å². The SMILES string of the molecule is CC(C)(C)OC(=O)N/N=C\c1ccc(O)c([N+](=O)[O-])c1. The Bertz CT molecular complexity index is 549. The molecule has 2 N–H and O–H groups in total. The minimum atomic E-state index is -0.734. The van der Waals surface area contributed by atoms with Gasteiger partial charge in [0.05, 0.1) is 11.1 Å². The van der Waals surface area contributed by atoms with E-state index >= 15 is 0 Å². The second-order valence-corrected chi connectivity index (χ2v) is 4.88. The van der Waals surface area contributed by atoms with Gasteiger partial charge in [-0.15, -0.1) is 0 Å². The van der Waals surface area contributed by atoms with Crippen LogP contribution in [0.2, 0.25) is 0 Å². The van der Waals surface area contributed by atoms with Crippen LogP contribution in [-0.4, -0.2) is 27.9 Å². The third kappa shape index (κ3) is 4.92. The summed E-state index contributed by atoms with van der Waals surface area (Å²) in [4.78, 5) is 21.2. The van der Waals surface area contributed by atoms with Gasteiger partial charge in [0, 0.05) is 11.6 Å². The molecule has 0 aliphatic carbocycles. The molecule has 8 heteroatoms. The van der Waals surface area contributed by atoms with Gasteiger partial charge >= 0.3 is 11.8 Å². The van der Waals surface area contributed by atoms with Crippen molar-refractivity contribution in [1.82, 2.24) is 5.43 Å². The highest BCUT2D eigenvalue weighted by molar-refractivity contribution is 5.82. The van der Waals surface area contributed by atoms with Crippen LogP contribution in [0.1, 0.15) is 26.3 Å². The number of phenolic OH excluding ortho intramolecular Hbond substituents is 1. The molecule has 0 heterocycles. The van der Waals surface area contributed by atoms with Gasteiger partial charge in [-0.2, -0.15) is 5.10 Å². The molecule has 0 saturated heterocycles. The van der Waals surface area contributed by atoms with Crippen molar-refractivity contribution in [3.63, 3.8) is 0 Å². The topological polar surface area (TPSA) is 114 Å². The summed E-state index contributed by atoms with van der Waals surface area (Å²) in [6.45, 7) is 5.12. The van der Waals surface area contributed by atoms with Crippen molar-refractivity contribution in [2.24, 2.45) is 5.10 Å². The zero-order valence-electron chi connectivity index (χ0n) is 11.3. The number of aromatic hydroxyl groups is 1. The molecule has 0 radical (unpaired) electrons. The van der Waals surface area contributed by atoms with E-state index in [1.54, 1.807) is 20.8 Å². The smallest absolute Gasteiger partial charge is 0.428 e. The molecule has 0 saturated carbocycles. The minimum absolute atomic E-state index is 0.352. The number of nitro benzene ring substituents is 1. The van der Waals surface area contributed by atoms with Crippen LogP contribution in [0.4, 0.5) is 10.5 Å². The number of hydrogen-bond acceptors (Lipinski definition) is 6. The zero-order valence-corrected chi connectivity index (χ0v) is 11.3. The second kappa shape index (κ2) is 6.00. The monoisotopic (exact) mass is 281 g/mol. The molecule has 0 aliphatic heterocycles. The molecule has 20 heavy (non-hydrogen) atoms. The van der Waals surface area contributed by atoms with E-state index in [0.29, 0.717) is 5.56 Å². The van der Waals surface area contributed by atoms with Crippen molar-refractivity contribution in [3.05, 3.63) is 33.9 Å². The third-order valence-electron chi connectivity index (χ3n) is 1.96. The molecule has 108 valence electrons. The molecular weight excluding hydrogens is 266 g/mol. The lowest BCUT2D eigenvalue weighted by atomic mass is 10.2. The van der Waals surface area contributed by atoms with Crippen molar-refractivity contribution >= 4 is 18.0 Å². The fraction of sp³-hybridized carbons (Fsp3) is 0.333. The minimum Gasteiger partial charge on any atom is -0.502 e. The standard InChI is InChI=1S/C12H15N3O5/c1-12(2,3)20-11(17)14-13-7-8-4-5-10(16)9(6-8)15(18)19/h4-7,16H,1-3H3,(H,14,17)/b13-7-. The molecule has 0 unspecified atom stereocenters. The van der Waals surface area contributed by atoms with Crippen LogP contribution < -0.4 is 5.43 Å². The Labute approximate surface area is 115 Å². The quantitative estimate of drug-likeness (QED) is 0.500. The highest BCUT2D eigenvalue weighted by atomic mass is 16.6. The van der Waals surface area contributed by atoms with Crippen molar-refractivity contribution in [2.75, 3.05) is 0 Å². The zero-order chi connectivity index (χ0) is 15.3. The number of nitrogens with zero attached hydrogens (tertiary/aromatic N) is 2. The Morgan fingerprint density at radius 3 is 2.70 bits per heavy atom. The van der Waals surface area contributed by atoms with Crippen molar-refractivity contribution in [3.8, 4) is 5.75 Å². The van der Waals surface area contributed by atoms with Crippen LogP contribution in [0.3, 0.4) is 0 Å². The van der Waals surface area contributed by atoms with Crippen LogP contribution in [-0.2, 0) is 4.74 Å². The molecule has 8 nitrogen and oxygen atoms in total. The van der Waals surface area contributed by atoms with Crippen LogP contribution in [0, 0.1) is 10.1 Å². The lowest BCUT2D eigenvalue weighted by Crippen LogP contribution is -2.29. The van der Waals surface area contributed by atoms with Crippen molar-refractivity contribution in [1.29, 1.82) is 0 Å². The second-order valence-electron chi connectivity index (χ2n) is 4.88. The molecular formula is C12H15N3O5. The van der Waals surface area contributed by atoms with E-state index in [1.165, 1.54) is 18.3 Å². The number of benzene rings is 1. The maximum Gasteiger partial charge on any atom is 0.428 e. The summed E-state index contributed by atoms with van der Waals surface area (Å²) in [7, 11) is 0. The molecule has 0 bridgehead atoms. The van der Waals surface area contributed by atoms with E-state index in [-0.39, 0.29) is 0 Å². The lowest BCUT2D eigenvalue weighted by Gasteiger charge is -2.18. The fourth-order valence-electron chi connectivity index (χ4n) is 1.23. The molecule has 0 aliphatic rings. The van der Waals surface area contributed by atoms with Gasteiger partial charge in [-0.25, -0.2) is 10.2 Å². The summed E-state index contributed by atoms with van der Waals surface area (Å²) in [5.41, 5.74) is 1.40. The Kier molecular flexibility index (Phi) is 4.63. The first-order chi connectivity index (χ1) is 9.19. The molecule has 0 atom stereocenters. The van der Waals surface area contributed by atoms with Crippen LogP contribution in [0.5, 0.6) is 5.75 Å². The first-order valence-corrected chi connectivity index (χ1v) is 5.68. The normalized spacial score (nSPS) is 11.3. The van der Waals surface area contributed by atoms with Gasteiger partial charge in [-0.1, -0.05) is 0 Å². The number of nitro groups is 1. The van der Waals surface area contributed by atoms with Crippen molar-refractivity contribution in [2.45, 2.75) is 26.4 Å².